The van der Waals surface area contributed by atoms with E-state index in [1.807, 2.05) is 6.92 Å². The van der Waals surface area contributed by atoms with Gasteiger partial charge in [0.25, 0.3) is 0 Å². The Balaban J connectivity index is 1.49. The van der Waals surface area contributed by atoms with E-state index in [9.17, 15) is 15.0 Å². The van der Waals surface area contributed by atoms with E-state index >= 15 is 0 Å². The van der Waals surface area contributed by atoms with Gasteiger partial charge in [-0.15, -0.1) is 0 Å². The summed E-state index contributed by atoms with van der Waals surface area (Å²) in [5.74, 6) is 0.672. The van der Waals surface area contributed by atoms with Crippen LogP contribution in [0.15, 0.2) is 12.7 Å². The van der Waals surface area contributed by atoms with Crippen molar-refractivity contribution < 1.29 is 19.7 Å². The number of aliphatic hydroxyl groups excluding tert-OH is 2. The molecule has 10 heteroatoms. The lowest BCUT2D eigenvalue weighted by Crippen LogP contribution is -2.30. The van der Waals surface area contributed by atoms with Crippen molar-refractivity contribution in [3.05, 3.63) is 12.7 Å². The van der Waals surface area contributed by atoms with E-state index in [0.717, 1.165) is 32.3 Å². The lowest BCUT2D eigenvalue weighted by atomic mass is 10.2. The molecule has 0 aromatic carbocycles. The molecule has 4 heterocycles. The van der Waals surface area contributed by atoms with Crippen LogP contribution in [0.25, 0.3) is 11.2 Å². The molecule has 2 aromatic heterocycles. The van der Waals surface area contributed by atoms with E-state index in [-0.39, 0.29) is 18.6 Å². The Morgan fingerprint density at radius 2 is 2.29 bits per heavy atom. The molecule has 28 heavy (non-hydrogen) atoms. The maximum atomic E-state index is 10.9. The summed E-state index contributed by atoms with van der Waals surface area (Å²) in [6, 6.07) is 0.217. The molecule has 2 aliphatic heterocycles. The molecular formula is C18H26N6O4. The minimum atomic E-state index is -0.732. The van der Waals surface area contributed by atoms with Crippen molar-refractivity contribution >= 4 is 23.3 Å². The summed E-state index contributed by atoms with van der Waals surface area (Å²) in [5, 5.41) is 23.0. The van der Waals surface area contributed by atoms with Crippen molar-refractivity contribution in [1.82, 2.24) is 24.4 Å². The highest BCUT2D eigenvalue weighted by atomic mass is 16.5. The fraction of sp³-hybridized carbons (Fsp3) is 0.667. The third-order valence-electron chi connectivity index (χ3n) is 5.39. The molecule has 2 aromatic rings. The van der Waals surface area contributed by atoms with Gasteiger partial charge in [0.2, 0.25) is 0 Å². The zero-order valence-corrected chi connectivity index (χ0v) is 15.8. The molecule has 2 saturated heterocycles. The number of imidazole rings is 1. The van der Waals surface area contributed by atoms with Crippen LogP contribution < -0.4 is 5.32 Å². The van der Waals surface area contributed by atoms with Gasteiger partial charge in [-0.1, -0.05) is 6.92 Å². The summed E-state index contributed by atoms with van der Waals surface area (Å²) in [5.41, 5.74) is 1.19. The van der Waals surface area contributed by atoms with Gasteiger partial charge in [0.05, 0.1) is 19.0 Å². The van der Waals surface area contributed by atoms with Crippen molar-refractivity contribution in [2.24, 2.45) is 5.92 Å². The van der Waals surface area contributed by atoms with E-state index in [1.165, 1.54) is 6.33 Å². The number of nitrogens with one attached hydrogen (secondary N) is 1. The number of hydrogen-bond acceptors (Lipinski definition) is 9. The Morgan fingerprint density at radius 1 is 1.43 bits per heavy atom. The molecule has 2 fully saturated rings. The fourth-order valence-electron chi connectivity index (χ4n) is 4.00. The van der Waals surface area contributed by atoms with Gasteiger partial charge in [-0.2, -0.15) is 0 Å². The van der Waals surface area contributed by atoms with E-state index in [1.54, 1.807) is 10.9 Å². The maximum Gasteiger partial charge on any atom is 0.167 e. The second-order valence-corrected chi connectivity index (χ2v) is 7.68. The highest BCUT2D eigenvalue weighted by Crippen LogP contribution is 2.32. The Hall–Kier alpha value is -2.14. The van der Waals surface area contributed by atoms with Crippen molar-refractivity contribution in [2.45, 2.75) is 44.2 Å². The van der Waals surface area contributed by atoms with Gasteiger partial charge in [-0.3, -0.25) is 4.57 Å². The molecular weight excluding hydrogens is 364 g/mol. The molecule has 2 aliphatic rings. The molecule has 0 saturated carbocycles. The number of aldehydes is 1. The molecule has 0 spiro atoms. The number of fused-ring (bicyclic) bond motifs is 1. The number of rotatable bonds is 7. The summed E-state index contributed by atoms with van der Waals surface area (Å²) >= 11 is 0. The summed E-state index contributed by atoms with van der Waals surface area (Å²) in [7, 11) is 0. The van der Waals surface area contributed by atoms with E-state index in [2.05, 4.69) is 25.2 Å². The van der Waals surface area contributed by atoms with Crippen LogP contribution in [-0.4, -0.2) is 85.4 Å². The number of carbonyl (C=O) groups excluding carboxylic acids is 1. The van der Waals surface area contributed by atoms with Crippen LogP contribution >= 0.6 is 0 Å². The lowest BCUT2D eigenvalue weighted by molar-refractivity contribution is -0.111. The Labute approximate surface area is 162 Å². The maximum absolute atomic E-state index is 10.9. The predicted octanol–water partition coefficient (Wildman–Crippen LogP) is -0.212. The molecule has 4 rings (SSSR count). The van der Waals surface area contributed by atoms with E-state index in [4.69, 9.17) is 4.74 Å². The summed E-state index contributed by atoms with van der Waals surface area (Å²) in [6.07, 6.45) is 3.62. The van der Waals surface area contributed by atoms with Crippen LogP contribution in [0.2, 0.25) is 0 Å². The zero-order chi connectivity index (χ0) is 19.7. The molecule has 10 nitrogen and oxygen atoms in total. The van der Waals surface area contributed by atoms with Crippen LogP contribution in [-0.2, 0) is 9.53 Å². The highest BCUT2D eigenvalue weighted by molar-refractivity contribution is 5.82. The Morgan fingerprint density at radius 3 is 3.04 bits per heavy atom. The van der Waals surface area contributed by atoms with Crippen molar-refractivity contribution in [3.8, 4) is 0 Å². The van der Waals surface area contributed by atoms with E-state index in [0.29, 0.717) is 23.4 Å². The first kappa shape index (κ1) is 19.2. The predicted molar refractivity (Wildman–Crippen MR) is 101 cm³/mol. The van der Waals surface area contributed by atoms with Gasteiger partial charge in [-0.25, -0.2) is 15.0 Å². The highest BCUT2D eigenvalue weighted by Gasteiger charge is 2.36. The van der Waals surface area contributed by atoms with Crippen LogP contribution in [0.3, 0.4) is 0 Å². The number of nitrogens with zero attached hydrogens (tertiary/aromatic N) is 5. The van der Waals surface area contributed by atoms with Gasteiger partial charge >= 0.3 is 0 Å². The second kappa shape index (κ2) is 8.08. The minimum Gasteiger partial charge on any atom is -0.394 e. The largest absolute Gasteiger partial charge is 0.394 e. The van der Waals surface area contributed by atoms with Gasteiger partial charge < -0.3 is 30.0 Å². The van der Waals surface area contributed by atoms with Gasteiger partial charge in [0.1, 0.15) is 18.7 Å². The third kappa shape index (κ3) is 3.72. The average molecular weight is 390 g/mol. The number of hydrogen-bond donors (Lipinski definition) is 3. The number of likely N-dealkylation sites (tertiary alicyclic amines) is 1. The molecule has 1 unspecified atom stereocenters. The minimum absolute atomic E-state index is 0.0285. The molecule has 0 bridgehead atoms. The molecule has 152 valence electrons. The fourth-order valence-corrected chi connectivity index (χ4v) is 4.00. The van der Waals surface area contributed by atoms with Gasteiger partial charge in [0, 0.05) is 38.0 Å². The molecule has 0 amide bonds. The normalized spacial score (nSPS) is 29.4. The number of anilines is 1. The molecule has 5 atom stereocenters. The summed E-state index contributed by atoms with van der Waals surface area (Å²) in [6.45, 7) is 4.33. The Bertz CT molecular complexity index is 830. The van der Waals surface area contributed by atoms with Crippen LogP contribution in [0, 0.1) is 5.92 Å². The summed E-state index contributed by atoms with van der Waals surface area (Å²) < 4.78 is 7.41. The SMILES string of the molecule is CC(C=O)CN1CC[C@@H](Nc2ncnc3c2ncn3[C@@H]2O[C@H](CO)C[C@H]2O)C1. The molecule has 0 radical (unpaired) electrons. The van der Waals surface area contributed by atoms with Gasteiger partial charge in [0.15, 0.2) is 23.2 Å². The van der Waals surface area contributed by atoms with Crippen LogP contribution in [0.5, 0.6) is 0 Å². The number of carbonyl (C=O) groups is 1. The van der Waals surface area contributed by atoms with E-state index < -0.39 is 18.4 Å². The standard InChI is InChI=1S/C18H26N6O4/c1-11(7-25)5-23-3-2-12(6-23)22-16-15-17(20-9-19-16)24(10-21-15)18-14(27)4-13(8-26)28-18/h7,9-14,18,26-27H,2-6,8H2,1H3,(H,19,20,22)/t11?,12-,13+,14-,18-/m1/s1. The van der Waals surface area contributed by atoms with Crippen molar-refractivity contribution in [3.63, 3.8) is 0 Å². The first-order valence-electron chi connectivity index (χ1n) is 9.65. The Kier molecular flexibility index (Phi) is 5.54. The topological polar surface area (TPSA) is 126 Å². The van der Waals surface area contributed by atoms with Crippen molar-refractivity contribution in [2.75, 3.05) is 31.6 Å². The first-order valence-corrected chi connectivity index (χ1v) is 9.65. The lowest BCUT2D eigenvalue weighted by Gasteiger charge is -2.18. The second-order valence-electron chi connectivity index (χ2n) is 7.68. The number of aromatic nitrogens is 4. The number of ether oxygens (including phenoxy) is 1. The number of aliphatic hydroxyl groups is 2. The van der Waals surface area contributed by atoms with Crippen molar-refractivity contribution in [1.29, 1.82) is 0 Å². The first-order chi connectivity index (χ1) is 13.6. The van der Waals surface area contributed by atoms with Crippen LogP contribution in [0.1, 0.15) is 26.0 Å². The average Bonchev–Trinajstić information content (AvgIpc) is 3.40. The van der Waals surface area contributed by atoms with Gasteiger partial charge in [-0.05, 0) is 6.42 Å². The summed E-state index contributed by atoms with van der Waals surface area (Å²) in [4.78, 5) is 26.2. The molecule has 3 N–H and O–H groups in total. The quantitative estimate of drug-likeness (QED) is 0.551. The third-order valence-corrected chi connectivity index (χ3v) is 5.39. The zero-order valence-electron chi connectivity index (χ0n) is 15.8. The monoisotopic (exact) mass is 390 g/mol. The molecule has 0 aliphatic carbocycles. The van der Waals surface area contributed by atoms with Crippen LogP contribution in [0.4, 0.5) is 5.82 Å². The smallest absolute Gasteiger partial charge is 0.167 e.